The Morgan fingerprint density at radius 3 is 2.67 bits per heavy atom. The van der Waals surface area contributed by atoms with Crippen LogP contribution in [0.1, 0.15) is 23.7 Å². The number of amides is 1. The third kappa shape index (κ3) is 2.31. The van der Waals surface area contributed by atoms with Crippen LogP contribution >= 0.6 is 0 Å². The van der Waals surface area contributed by atoms with E-state index in [1.807, 2.05) is 25.1 Å². The number of aliphatic imine (C=N–C) groups is 1. The highest BCUT2D eigenvalue weighted by atomic mass is 16.1. The van der Waals surface area contributed by atoms with Gasteiger partial charge in [-0.15, -0.1) is 0 Å². The number of hydrogen-bond acceptors (Lipinski definition) is 1. The summed E-state index contributed by atoms with van der Waals surface area (Å²) < 4.78 is 0. The van der Waals surface area contributed by atoms with Crippen LogP contribution in [-0.4, -0.2) is 12.1 Å². The molecule has 0 bridgehead atoms. The standard InChI is InChI=1S/C10H11NO/c1-2-8-11-10(12)9-6-4-3-5-7-9/h3-8H,2H2,1H3. The zero-order chi connectivity index (χ0) is 8.81. The maximum atomic E-state index is 11.2. The van der Waals surface area contributed by atoms with Crippen molar-refractivity contribution in [1.82, 2.24) is 0 Å². The van der Waals surface area contributed by atoms with Gasteiger partial charge in [0.1, 0.15) is 0 Å². The summed E-state index contributed by atoms with van der Waals surface area (Å²) in [5.74, 6) is -0.169. The van der Waals surface area contributed by atoms with Gasteiger partial charge >= 0.3 is 0 Å². The Labute approximate surface area is 71.9 Å². The van der Waals surface area contributed by atoms with E-state index in [2.05, 4.69) is 4.99 Å². The molecule has 0 aromatic heterocycles. The maximum Gasteiger partial charge on any atom is 0.276 e. The smallest absolute Gasteiger partial charge is 0.267 e. The molecule has 2 nitrogen and oxygen atoms in total. The van der Waals surface area contributed by atoms with E-state index in [1.54, 1.807) is 18.3 Å². The fourth-order valence-electron chi connectivity index (χ4n) is 0.829. The molecule has 0 unspecified atom stereocenters. The summed E-state index contributed by atoms with van der Waals surface area (Å²) in [6, 6.07) is 9.05. The first-order valence-electron chi connectivity index (χ1n) is 3.96. The van der Waals surface area contributed by atoms with Crippen LogP contribution in [0.3, 0.4) is 0 Å². The lowest BCUT2D eigenvalue weighted by Crippen LogP contribution is -1.93. The summed E-state index contributed by atoms with van der Waals surface area (Å²) in [4.78, 5) is 15.0. The van der Waals surface area contributed by atoms with E-state index in [0.29, 0.717) is 5.56 Å². The van der Waals surface area contributed by atoms with Gasteiger partial charge in [-0.1, -0.05) is 25.1 Å². The molecule has 0 spiro atoms. The summed E-state index contributed by atoms with van der Waals surface area (Å²) in [5.41, 5.74) is 0.641. The first kappa shape index (κ1) is 8.65. The van der Waals surface area contributed by atoms with Crippen LogP contribution < -0.4 is 0 Å². The van der Waals surface area contributed by atoms with Gasteiger partial charge in [-0.2, -0.15) is 0 Å². The summed E-state index contributed by atoms with van der Waals surface area (Å²) in [6.45, 7) is 1.95. The number of nitrogens with zero attached hydrogens (tertiary/aromatic N) is 1. The molecule has 0 atom stereocenters. The van der Waals surface area contributed by atoms with Crippen LogP contribution in [-0.2, 0) is 0 Å². The van der Waals surface area contributed by atoms with Crippen molar-refractivity contribution in [2.75, 3.05) is 0 Å². The van der Waals surface area contributed by atoms with Crippen LogP contribution in [0.4, 0.5) is 0 Å². The third-order valence-electron chi connectivity index (χ3n) is 1.41. The minimum Gasteiger partial charge on any atom is -0.267 e. The fraction of sp³-hybridized carbons (Fsp3) is 0.200. The monoisotopic (exact) mass is 161 g/mol. The lowest BCUT2D eigenvalue weighted by atomic mass is 10.2. The normalized spacial score (nSPS) is 10.4. The molecule has 0 saturated carbocycles. The summed E-state index contributed by atoms with van der Waals surface area (Å²) in [6.07, 6.45) is 2.41. The van der Waals surface area contributed by atoms with Gasteiger partial charge in [-0.3, -0.25) is 4.79 Å². The average Bonchev–Trinajstić information content (AvgIpc) is 2.15. The van der Waals surface area contributed by atoms with Crippen molar-refractivity contribution in [3.8, 4) is 0 Å². The van der Waals surface area contributed by atoms with Crippen LogP contribution in [0.15, 0.2) is 35.3 Å². The Hall–Kier alpha value is -1.44. The van der Waals surface area contributed by atoms with Crippen molar-refractivity contribution in [3.05, 3.63) is 35.9 Å². The number of carbonyl (C=O) groups excluding carboxylic acids is 1. The van der Waals surface area contributed by atoms with Gasteiger partial charge < -0.3 is 0 Å². The summed E-state index contributed by atoms with van der Waals surface area (Å²) >= 11 is 0. The molecule has 0 aliphatic heterocycles. The molecule has 0 aliphatic rings. The molecule has 1 aromatic carbocycles. The van der Waals surface area contributed by atoms with Crippen LogP contribution in [0.2, 0.25) is 0 Å². The van der Waals surface area contributed by atoms with Gasteiger partial charge in [0.15, 0.2) is 0 Å². The van der Waals surface area contributed by atoms with E-state index in [-0.39, 0.29) is 5.91 Å². The van der Waals surface area contributed by atoms with E-state index >= 15 is 0 Å². The highest BCUT2D eigenvalue weighted by Crippen LogP contribution is 1.99. The lowest BCUT2D eigenvalue weighted by molar-refractivity contribution is 0.100. The molecule has 1 rings (SSSR count). The lowest BCUT2D eigenvalue weighted by Gasteiger charge is -1.91. The molecule has 62 valence electrons. The van der Waals surface area contributed by atoms with Gasteiger partial charge in [0.05, 0.1) is 0 Å². The maximum absolute atomic E-state index is 11.2. The minimum absolute atomic E-state index is 0.169. The zero-order valence-corrected chi connectivity index (χ0v) is 7.03. The quantitative estimate of drug-likeness (QED) is 0.612. The molecule has 1 amide bonds. The Balaban J connectivity index is 2.72. The number of benzene rings is 1. The Kier molecular flexibility index (Phi) is 3.20. The SMILES string of the molecule is CCC=NC(=O)c1ccccc1. The topological polar surface area (TPSA) is 29.4 Å². The molecule has 12 heavy (non-hydrogen) atoms. The highest BCUT2D eigenvalue weighted by molar-refractivity contribution is 5.98. The Bertz CT molecular complexity index is 277. The van der Waals surface area contributed by atoms with Gasteiger partial charge in [0, 0.05) is 11.8 Å². The molecular weight excluding hydrogens is 150 g/mol. The molecule has 0 aliphatic carbocycles. The van der Waals surface area contributed by atoms with Crippen molar-refractivity contribution in [2.24, 2.45) is 4.99 Å². The Morgan fingerprint density at radius 2 is 2.08 bits per heavy atom. The third-order valence-corrected chi connectivity index (χ3v) is 1.41. The second kappa shape index (κ2) is 4.44. The molecule has 0 fully saturated rings. The van der Waals surface area contributed by atoms with Crippen LogP contribution in [0.25, 0.3) is 0 Å². The van der Waals surface area contributed by atoms with E-state index in [9.17, 15) is 4.79 Å². The van der Waals surface area contributed by atoms with E-state index < -0.39 is 0 Å². The van der Waals surface area contributed by atoms with Gasteiger partial charge in [-0.25, -0.2) is 4.99 Å². The van der Waals surface area contributed by atoms with Crippen LogP contribution in [0.5, 0.6) is 0 Å². The summed E-state index contributed by atoms with van der Waals surface area (Å²) in [7, 11) is 0. The largest absolute Gasteiger partial charge is 0.276 e. The number of hydrogen-bond donors (Lipinski definition) is 0. The molecule has 0 heterocycles. The van der Waals surface area contributed by atoms with Crippen molar-refractivity contribution < 1.29 is 4.79 Å². The van der Waals surface area contributed by atoms with Gasteiger partial charge in [0.2, 0.25) is 0 Å². The van der Waals surface area contributed by atoms with E-state index in [4.69, 9.17) is 0 Å². The average molecular weight is 161 g/mol. The number of rotatable bonds is 2. The van der Waals surface area contributed by atoms with Crippen molar-refractivity contribution >= 4 is 12.1 Å². The predicted octanol–water partition coefficient (Wildman–Crippen LogP) is 2.31. The van der Waals surface area contributed by atoms with E-state index in [0.717, 1.165) is 6.42 Å². The highest BCUT2D eigenvalue weighted by Gasteiger charge is 1.98. The minimum atomic E-state index is -0.169. The predicted molar refractivity (Wildman–Crippen MR) is 49.6 cm³/mol. The van der Waals surface area contributed by atoms with Gasteiger partial charge in [0.25, 0.3) is 5.91 Å². The second-order valence-electron chi connectivity index (χ2n) is 2.39. The summed E-state index contributed by atoms with van der Waals surface area (Å²) in [5, 5.41) is 0. The number of carbonyl (C=O) groups is 1. The first-order chi connectivity index (χ1) is 5.84. The van der Waals surface area contributed by atoms with E-state index in [1.165, 1.54) is 0 Å². The van der Waals surface area contributed by atoms with Gasteiger partial charge in [-0.05, 0) is 18.6 Å². The fourth-order valence-corrected chi connectivity index (χ4v) is 0.829. The molecule has 2 heteroatoms. The Morgan fingerprint density at radius 1 is 1.42 bits per heavy atom. The van der Waals surface area contributed by atoms with Crippen molar-refractivity contribution in [2.45, 2.75) is 13.3 Å². The zero-order valence-electron chi connectivity index (χ0n) is 7.03. The second-order valence-corrected chi connectivity index (χ2v) is 2.39. The first-order valence-corrected chi connectivity index (χ1v) is 3.96. The van der Waals surface area contributed by atoms with Crippen molar-refractivity contribution in [3.63, 3.8) is 0 Å². The molecular formula is C10H11NO. The molecule has 0 N–H and O–H groups in total. The molecule has 1 aromatic rings. The molecule has 0 radical (unpaired) electrons. The van der Waals surface area contributed by atoms with Crippen molar-refractivity contribution in [1.29, 1.82) is 0 Å². The van der Waals surface area contributed by atoms with Crippen LogP contribution in [0, 0.1) is 0 Å². The molecule has 0 saturated heterocycles.